The molecule has 0 saturated carbocycles. The standard InChI is InChI=1S/C10H18N2/c1-7(2)10-6-5-8(3)11-12-9(10)4/h7,10H,5-6H2,1-4H3. The summed E-state index contributed by atoms with van der Waals surface area (Å²) in [5.74, 6) is 1.32. The first kappa shape index (κ1) is 9.43. The maximum Gasteiger partial charge on any atom is 0.0408 e. The fraction of sp³-hybridized carbons (Fsp3) is 0.800. The van der Waals surface area contributed by atoms with Crippen molar-refractivity contribution in [2.75, 3.05) is 0 Å². The van der Waals surface area contributed by atoms with Crippen LogP contribution >= 0.6 is 0 Å². The summed E-state index contributed by atoms with van der Waals surface area (Å²) in [6, 6.07) is 0. The Bertz CT molecular complexity index is 214. The predicted molar refractivity (Wildman–Crippen MR) is 53.8 cm³/mol. The van der Waals surface area contributed by atoms with Gasteiger partial charge in [-0.3, -0.25) is 0 Å². The van der Waals surface area contributed by atoms with Gasteiger partial charge in [-0.05, 0) is 32.6 Å². The number of nitrogens with zero attached hydrogens (tertiary/aromatic N) is 2. The van der Waals surface area contributed by atoms with Gasteiger partial charge in [0.2, 0.25) is 0 Å². The lowest BCUT2D eigenvalue weighted by Crippen LogP contribution is -2.17. The van der Waals surface area contributed by atoms with E-state index < -0.39 is 0 Å². The van der Waals surface area contributed by atoms with Gasteiger partial charge in [-0.15, -0.1) is 0 Å². The van der Waals surface area contributed by atoms with Gasteiger partial charge in [-0.1, -0.05) is 13.8 Å². The average molecular weight is 166 g/mol. The van der Waals surface area contributed by atoms with Crippen LogP contribution in [0.4, 0.5) is 0 Å². The van der Waals surface area contributed by atoms with E-state index in [2.05, 4.69) is 37.9 Å². The quantitative estimate of drug-likeness (QED) is 0.572. The summed E-state index contributed by atoms with van der Waals surface area (Å²) in [7, 11) is 0. The lowest BCUT2D eigenvalue weighted by Gasteiger charge is -2.17. The van der Waals surface area contributed by atoms with Gasteiger partial charge < -0.3 is 0 Å². The molecule has 1 unspecified atom stereocenters. The molecule has 0 fully saturated rings. The van der Waals surface area contributed by atoms with Crippen LogP contribution in [-0.4, -0.2) is 11.4 Å². The summed E-state index contributed by atoms with van der Waals surface area (Å²) in [5.41, 5.74) is 2.36. The Kier molecular flexibility index (Phi) is 3.01. The van der Waals surface area contributed by atoms with E-state index in [9.17, 15) is 0 Å². The molecule has 0 saturated heterocycles. The molecule has 68 valence electrons. The lowest BCUT2D eigenvalue weighted by molar-refractivity contribution is 0.471. The fourth-order valence-electron chi connectivity index (χ4n) is 1.68. The number of rotatable bonds is 1. The third kappa shape index (κ3) is 2.16. The molecule has 0 aromatic rings. The van der Waals surface area contributed by atoms with E-state index in [1.54, 1.807) is 0 Å². The van der Waals surface area contributed by atoms with Crippen molar-refractivity contribution in [3.63, 3.8) is 0 Å². The van der Waals surface area contributed by atoms with E-state index in [4.69, 9.17) is 0 Å². The largest absolute Gasteiger partial charge is 0.160 e. The molecular weight excluding hydrogens is 148 g/mol. The Hall–Kier alpha value is -0.660. The highest BCUT2D eigenvalue weighted by molar-refractivity contribution is 5.89. The molecule has 1 aliphatic heterocycles. The van der Waals surface area contributed by atoms with E-state index in [1.807, 2.05) is 0 Å². The van der Waals surface area contributed by atoms with Gasteiger partial charge in [-0.25, -0.2) is 0 Å². The number of hydrogen-bond donors (Lipinski definition) is 0. The van der Waals surface area contributed by atoms with Gasteiger partial charge in [-0.2, -0.15) is 10.2 Å². The summed E-state index contributed by atoms with van der Waals surface area (Å²) in [4.78, 5) is 0. The SMILES string of the molecule is CC1=NN=C(C)C(C(C)C)CC1. The summed E-state index contributed by atoms with van der Waals surface area (Å²) < 4.78 is 0. The summed E-state index contributed by atoms with van der Waals surface area (Å²) >= 11 is 0. The molecule has 2 heteroatoms. The minimum Gasteiger partial charge on any atom is -0.160 e. The Morgan fingerprint density at radius 1 is 1.25 bits per heavy atom. The van der Waals surface area contributed by atoms with Crippen molar-refractivity contribution in [1.29, 1.82) is 0 Å². The topological polar surface area (TPSA) is 24.7 Å². The molecule has 1 atom stereocenters. The zero-order valence-corrected chi connectivity index (χ0v) is 8.46. The first-order valence-corrected chi connectivity index (χ1v) is 4.69. The summed E-state index contributed by atoms with van der Waals surface area (Å²) in [6.07, 6.45) is 2.31. The normalized spacial score (nSPS) is 24.9. The molecule has 1 heterocycles. The highest BCUT2D eigenvalue weighted by Gasteiger charge is 2.18. The smallest absolute Gasteiger partial charge is 0.0408 e. The van der Waals surface area contributed by atoms with E-state index >= 15 is 0 Å². The van der Waals surface area contributed by atoms with Crippen LogP contribution in [0, 0.1) is 11.8 Å². The first-order valence-electron chi connectivity index (χ1n) is 4.69. The van der Waals surface area contributed by atoms with Gasteiger partial charge in [0.1, 0.15) is 0 Å². The minimum absolute atomic E-state index is 0.631. The van der Waals surface area contributed by atoms with Crippen LogP contribution in [0.2, 0.25) is 0 Å². The lowest BCUT2D eigenvalue weighted by atomic mass is 9.87. The van der Waals surface area contributed by atoms with E-state index in [1.165, 1.54) is 12.1 Å². The van der Waals surface area contributed by atoms with Crippen molar-refractivity contribution in [1.82, 2.24) is 0 Å². The molecule has 1 rings (SSSR count). The molecule has 1 aliphatic rings. The van der Waals surface area contributed by atoms with E-state index in [0.717, 1.165) is 12.1 Å². The minimum atomic E-state index is 0.631. The second-order valence-corrected chi connectivity index (χ2v) is 3.97. The van der Waals surface area contributed by atoms with Crippen molar-refractivity contribution >= 4 is 11.4 Å². The van der Waals surface area contributed by atoms with Crippen LogP contribution < -0.4 is 0 Å². The molecule has 12 heavy (non-hydrogen) atoms. The predicted octanol–water partition coefficient (Wildman–Crippen LogP) is 2.89. The Morgan fingerprint density at radius 3 is 2.50 bits per heavy atom. The van der Waals surface area contributed by atoms with Crippen molar-refractivity contribution in [2.45, 2.75) is 40.5 Å². The first-order chi connectivity index (χ1) is 5.61. The molecule has 0 bridgehead atoms. The highest BCUT2D eigenvalue weighted by atomic mass is 15.2. The van der Waals surface area contributed by atoms with Crippen molar-refractivity contribution in [3.8, 4) is 0 Å². The third-order valence-corrected chi connectivity index (χ3v) is 2.54. The average Bonchev–Trinajstić information content (AvgIpc) is 2.14. The fourth-order valence-corrected chi connectivity index (χ4v) is 1.68. The third-order valence-electron chi connectivity index (χ3n) is 2.54. The molecular formula is C10H18N2. The van der Waals surface area contributed by atoms with Crippen LogP contribution in [0.15, 0.2) is 10.2 Å². The summed E-state index contributed by atoms with van der Waals surface area (Å²) in [5, 5.41) is 8.35. The summed E-state index contributed by atoms with van der Waals surface area (Å²) in [6.45, 7) is 8.65. The monoisotopic (exact) mass is 166 g/mol. The second-order valence-electron chi connectivity index (χ2n) is 3.97. The van der Waals surface area contributed by atoms with Crippen LogP contribution in [0.1, 0.15) is 40.5 Å². The molecule has 0 spiro atoms. The Balaban J connectivity index is 2.72. The van der Waals surface area contributed by atoms with Crippen LogP contribution in [-0.2, 0) is 0 Å². The van der Waals surface area contributed by atoms with Crippen LogP contribution in [0.25, 0.3) is 0 Å². The molecule has 0 amide bonds. The molecule has 0 aromatic carbocycles. The van der Waals surface area contributed by atoms with Gasteiger partial charge >= 0.3 is 0 Å². The number of hydrogen-bond acceptors (Lipinski definition) is 2. The van der Waals surface area contributed by atoms with Gasteiger partial charge in [0, 0.05) is 17.3 Å². The van der Waals surface area contributed by atoms with Crippen LogP contribution in [0.5, 0.6) is 0 Å². The Labute approximate surface area is 74.8 Å². The second kappa shape index (κ2) is 3.83. The van der Waals surface area contributed by atoms with Crippen molar-refractivity contribution < 1.29 is 0 Å². The molecule has 0 aliphatic carbocycles. The molecule has 0 radical (unpaired) electrons. The highest BCUT2D eigenvalue weighted by Crippen LogP contribution is 2.21. The molecule has 0 aromatic heterocycles. The van der Waals surface area contributed by atoms with Crippen LogP contribution in [0.3, 0.4) is 0 Å². The van der Waals surface area contributed by atoms with Crippen molar-refractivity contribution in [3.05, 3.63) is 0 Å². The van der Waals surface area contributed by atoms with E-state index in [-0.39, 0.29) is 0 Å². The Morgan fingerprint density at radius 2 is 1.92 bits per heavy atom. The van der Waals surface area contributed by atoms with E-state index in [0.29, 0.717) is 11.8 Å². The molecule has 0 N–H and O–H groups in total. The van der Waals surface area contributed by atoms with Crippen molar-refractivity contribution in [2.24, 2.45) is 22.0 Å². The maximum absolute atomic E-state index is 4.21. The van der Waals surface area contributed by atoms with Gasteiger partial charge in [0.25, 0.3) is 0 Å². The molecule has 2 nitrogen and oxygen atoms in total. The van der Waals surface area contributed by atoms with Gasteiger partial charge in [0.05, 0.1) is 0 Å². The maximum atomic E-state index is 4.21. The zero-order valence-electron chi connectivity index (χ0n) is 8.46. The zero-order chi connectivity index (χ0) is 9.14. The van der Waals surface area contributed by atoms with Gasteiger partial charge in [0.15, 0.2) is 0 Å².